The Hall–Kier alpha value is -4.28. The fourth-order valence-electron chi connectivity index (χ4n) is 3.64. The van der Waals surface area contributed by atoms with Crippen LogP contribution in [0.4, 0.5) is 11.4 Å². The Kier molecular flexibility index (Phi) is 9.82. The Labute approximate surface area is 240 Å². The van der Waals surface area contributed by atoms with Crippen molar-refractivity contribution in [3.63, 3.8) is 0 Å². The molecular weight excluding hydrogens is 548 g/mol. The maximum absolute atomic E-state index is 13.1. The summed E-state index contributed by atoms with van der Waals surface area (Å²) in [4.78, 5) is 27.8. The van der Waals surface area contributed by atoms with Gasteiger partial charge in [-0.1, -0.05) is 45.9 Å². The van der Waals surface area contributed by atoms with Crippen molar-refractivity contribution < 1.29 is 28.5 Å². The first-order chi connectivity index (χ1) is 19.4. The normalized spacial score (nSPS) is 10.4. The molecule has 206 valence electrons. The molecule has 0 fully saturated rings. The Morgan fingerprint density at radius 1 is 0.525 bits per heavy atom. The number of nitrogens with one attached hydrogen (secondary N) is 2. The van der Waals surface area contributed by atoms with E-state index in [2.05, 4.69) is 10.6 Å². The van der Waals surface area contributed by atoms with Crippen LogP contribution in [-0.2, 0) is 0 Å². The maximum Gasteiger partial charge on any atom is 0.255 e. The zero-order valence-electron chi connectivity index (χ0n) is 22.3. The molecule has 0 aliphatic heterocycles. The van der Waals surface area contributed by atoms with E-state index in [1.807, 2.05) is 48.5 Å². The van der Waals surface area contributed by atoms with Crippen LogP contribution in [0.1, 0.15) is 20.7 Å². The third-order valence-electron chi connectivity index (χ3n) is 5.72. The average Bonchev–Trinajstić information content (AvgIpc) is 3.00. The van der Waals surface area contributed by atoms with Crippen molar-refractivity contribution in [2.75, 3.05) is 39.1 Å². The van der Waals surface area contributed by atoms with Crippen LogP contribution < -0.4 is 29.6 Å². The van der Waals surface area contributed by atoms with Gasteiger partial charge < -0.3 is 29.6 Å². The van der Waals surface area contributed by atoms with Gasteiger partial charge in [0.1, 0.15) is 23.0 Å². The lowest BCUT2D eigenvalue weighted by Crippen LogP contribution is -2.13. The zero-order chi connectivity index (χ0) is 28.5. The van der Waals surface area contributed by atoms with Crippen LogP contribution in [0.2, 0.25) is 0 Å². The minimum absolute atomic E-state index is 0.295. The molecule has 2 N–H and O–H groups in total. The number of para-hydroxylation sites is 2. The number of carbonyl (C=O) groups excluding carboxylic acids is 2. The van der Waals surface area contributed by atoms with Crippen LogP contribution in [-0.4, -0.2) is 40.3 Å². The van der Waals surface area contributed by atoms with E-state index in [0.29, 0.717) is 45.5 Å². The van der Waals surface area contributed by atoms with Gasteiger partial charge in [-0.25, -0.2) is 0 Å². The first-order valence-electron chi connectivity index (χ1n) is 12.1. The number of hydrogen-bond acceptors (Lipinski definition) is 8. The lowest BCUT2D eigenvalue weighted by molar-refractivity contribution is 0.101. The highest BCUT2D eigenvalue weighted by Crippen LogP contribution is 2.43. The molecule has 0 radical (unpaired) electrons. The summed E-state index contributed by atoms with van der Waals surface area (Å²) in [6, 6.07) is 25.0. The fourth-order valence-corrected chi connectivity index (χ4v) is 5.92. The number of rotatable bonds is 11. The molecule has 0 unspecified atom stereocenters. The molecule has 0 atom stereocenters. The monoisotopic (exact) mass is 576 g/mol. The molecule has 4 aromatic rings. The van der Waals surface area contributed by atoms with Crippen LogP contribution in [0, 0.1) is 0 Å². The molecule has 0 aliphatic rings. The van der Waals surface area contributed by atoms with Crippen molar-refractivity contribution >= 4 is 44.8 Å². The first kappa shape index (κ1) is 28.7. The second-order valence-corrected chi connectivity index (χ2v) is 10.5. The Bertz CT molecular complexity index is 1350. The molecule has 0 spiro atoms. The van der Waals surface area contributed by atoms with Gasteiger partial charge in [0.05, 0.1) is 39.8 Å². The van der Waals surface area contributed by atoms with E-state index in [1.165, 1.54) is 50.0 Å². The molecule has 2 amide bonds. The van der Waals surface area contributed by atoms with Gasteiger partial charge in [-0.3, -0.25) is 9.59 Å². The third-order valence-corrected chi connectivity index (χ3v) is 8.20. The van der Waals surface area contributed by atoms with Crippen LogP contribution in [0.15, 0.2) is 94.7 Å². The van der Waals surface area contributed by atoms with E-state index < -0.39 is 0 Å². The summed E-state index contributed by atoms with van der Waals surface area (Å²) in [6.07, 6.45) is 0. The van der Waals surface area contributed by atoms with E-state index in [-0.39, 0.29) is 11.8 Å². The predicted octanol–water partition coefficient (Wildman–Crippen LogP) is 7.03. The molecule has 40 heavy (non-hydrogen) atoms. The SMILES string of the molecule is COc1cc(OC)cc(C(=O)Nc2ccccc2SSc2ccccc2NC(=O)c2cc(OC)cc(OC)c2)c1. The van der Waals surface area contributed by atoms with Crippen molar-refractivity contribution in [2.45, 2.75) is 9.79 Å². The van der Waals surface area contributed by atoms with E-state index in [0.717, 1.165) is 9.79 Å². The minimum Gasteiger partial charge on any atom is -0.497 e. The number of ether oxygens (including phenoxy) is 4. The second-order valence-electron chi connectivity index (χ2n) is 8.27. The highest BCUT2D eigenvalue weighted by molar-refractivity contribution is 8.76. The second kappa shape index (κ2) is 13.7. The summed E-state index contributed by atoms with van der Waals surface area (Å²) in [5, 5.41) is 5.96. The Morgan fingerprint density at radius 2 is 0.850 bits per heavy atom. The van der Waals surface area contributed by atoms with Gasteiger partial charge in [0, 0.05) is 33.1 Å². The van der Waals surface area contributed by atoms with Crippen molar-refractivity contribution in [3.8, 4) is 23.0 Å². The van der Waals surface area contributed by atoms with E-state index in [1.54, 1.807) is 36.4 Å². The Balaban J connectivity index is 1.49. The van der Waals surface area contributed by atoms with Gasteiger partial charge >= 0.3 is 0 Å². The van der Waals surface area contributed by atoms with Crippen LogP contribution >= 0.6 is 21.6 Å². The van der Waals surface area contributed by atoms with Gasteiger partial charge in [-0.2, -0.15) is 0 Å². The van der Waals surface area contributed by atoms with E-state index in [4.69, 9.17) is 18.9 Å². The number of carbonyl (C=O) groups is 2. The summed E-state index contributed by atoms with van der Waals surface area (Å²) in [6.45, 7) is 0. The van der Waals surface area contributed by atoms with Gasteiger partial charge in [-0.05, 0) is 48.5 Å². The quantitative estimate of drug-likeness (QED) is 0.184. The van der Waals surface area contributed by atoms with Crippen LogP contribution in [0.5, 0.6) is 23.0 Å². The van der Waals surface area contributed by atoms with Crippen molar-refractivity contribution in [1.29, 1.82) is 0 Å². The third kappa shape index (κ3) is 7.22. The maximum atomic E-state index is 13.1. The largest absolute Gasteiger partial charge is 0.497 e. The highest BCUT2D eigenvalue weighted by atomic mass is 33.1. The number of anilines is 2. The van der Waals surface area contributed by atoms with Crippen molar-refractivity contribution in [1.82, 2.24) is 0 Å². The van der Waals surface area contributed by atoms with Crippen molar-refractivity contribution in [2.24, 2.45) is 0 Å². The van der Waals surface area contributed by atoms with Gasteiger partial charge in [0.2, 0.25) is 0 Å². The van der Waals surface area contributed by atoms with Crippen LogP contribution in [0.3, 0.4) is 0 Å². The molecule has 0 heterocycles. The molecule has 4 aromatic carbocycles. The lowest BCUT2D eigenvalue weighted by atomic mass is 10.2. The molecule has 4 rings (SSSR count). The molecular formula is C30H28N2O6S2. The molecule has 0 aromatic heterocycles. The zero-order valence-corrected chi connectivity index (χ0v) is 24.0. The average molecular weight is 577 g/mol. The number of amides is 2. The van der Waals surface area contributed by atoms with E-state index in [9.17, 15) is 9.59 Å². The predicted molar refractivity (Wildman–Crippen MR) is 160 cm³/mol. The van der Waals surface area contributed by atoms with Gasteiger partial charge in [-0.15, -0.1) is 0 Å². The number of methoxy groups -OCH3 is 4. The molecule has 8 nitrogen and oxygen atoms in total. The van der Waals surface area contributed by atoms with Crippen LogP contribution in [0.25, 0.3) is 0 Å². The summed E-state index contributed by atoms with van der Waals surface area (Å²) in [5.41, 5.74) is 2.12. The van der Waals surface area contributed by atoms with Gasteiger partial charge in [0.25, 0.3) is 11.8 Å². The van der Waals surface area contributed by atoms with E-state index >= 15 is 0 Å². The lowest BCUT2D eigenvalue weighted by Gasteiger charge is -2.14. The molecule has 0 aliphatic carbocycles. The first-order valence-corrected chi connectivity index (χ1v) is 14.2. The summed E-state index contributed by atoms with van der Waals surface area (Å²) in [5.74, 6) is 1.50. The number of benzene rings is 4. The standard InChI is InChI=1S/C30H28N2O6S2/c1-35-21-13-19(14-22(17-21)36-2)29(33)31-25-9-5-7-11-27(25)39-40-28-12-8-6-10-26(28)32-30(34)20-15-23(37-3)18-24(16-20)38-4/h5-18H,1-4H3,(H,31,33)(H,32,34). The number of hydrogen-bond donors (Lipinski definition) is 2. The highest BCUT2D eigenvalue weighted by Gasteiger charge is 2.15. The minimum atomic E-state index is -0.295. The molecule has 0 bridgehead atoms. The molecule has 0 saturated carbocycles. The Morgan fingerprint density at radius 3 is 1.18 bits per heavy atom. The van der Waals surface area contributed by atoms with Crippen molar-refractivity contribution in [3.05, 3.63) is 96.1 Å². The topological polar surface area (TPSA) is 95.1 Å². The molecule has 0 saturated heterocycles. The summed E-state index contributed by atoms with van der Waals surface area (Å²) in [7, 11) is 9.07. The molecule has 10 heteroatoms. The smallest absolute Gasteiger partial charge is 0.255 e. The fraction of sp³-hybridized carbons (Fsp3) is 0.133. The summed E-state index contributed by atoms with van der Waals surface area (Å²) >= 11 is 0. The summed E-state index contributed by atoms with van der Waals surface area (Å²) < 4.78 is 21.2. The van der Waals surface area contributed by atoms with Gasteiger partial charge in [0.15, 0.2) is 0 Å².